The van der Waals surface area contributed by atoms with Gasteiger partial charge in [0.2, 0.25) is 5.91 Å². The van der Waals surface area contributed by atoms with E-state index in [1.54, 1.807) is 56.5 Å². The molecule has 34 heavy (non-hydrogen) atoms. The molecule has 4 amide bonds. The number of ether oxygens (including phenoxy) is 2. The van der Waals surface area contributed by atoms with Crippen molar-refractivity contribution in [3.05, 3.63) is 84.4 Å². The number of hydrogen-bond donors (Lipinski definition) is 2. The zero-order chi connectivity index (χ0) is 24.1. The first-order valence-corrected chi connectivity index (χ1v) is 10.8. The summed E-state index contributed by atoms with van der Waals surface area (Å²) >= 11 is 0. The molecule has 0 unspecified atom stereocenters. The van der Waals surface area contributed by atoms with Crippen LogP contribution in [0.3, 0.4) is 0 Å². The first-order valence-electron chi connectivity index (χ1n) is 10.8. The normalized spacial score (nSPS) is 17.3. The molecule has 0 aliphatic carbocycles. The number of benzene rings is 3. The third-order valence-corrected chi connectivity index (χ3v) is 5.52. The Morgan fingerprint density at radius 2 is 1.59 bits per heavy atom. The van der Waals surface area contributed by atoms with Gasteiger partial charge in [-0.25, -0.2) is 4.79 Å². The van der Waals surface area contributed by atoms with Crippen LogP contribution in [0.2, 0.25) is 0 Å². The number of para-hydroxylation sites is 4. The zero-order valence-electron chi connectivity index (χ0n) is 18.9. The van der Waals surface area contributed by atoms with Gasteiger partial charge in [-0.05, 0) is 42.8 Å². The number of carbonyl (C=O) groups is 3. The van der Waals surface area contributed by atoms with Crippen LogP contribution in [0.4, 0.5) is 10.5 Å². The summed E-state index contributed by atoms with van der Waals surface area (Å²) in [4.78, 5) is 39.4. The van der Waals surface area contributed by atoms with Crippen molar-refractivity contribution in [3.8, 4) is 17.2 Å². The maximum Gasteiger partial charge on any atom is 0.325 e. The Balaban J connectivity index is 1.45. The monoisotopic (exact) mass is 459 g/mol. The molecule has 0 radical (unpaired) electrons. The number of urea groups is 1. The van der Waals surface area contributed by atoms with E-state index in [1.165, 1.54) is 0 Å². The summed E-state index contributed by atoms with van der Waals surface area (Å²) in [5, 5.41) is 5.46. The van der Waals surface area contributed by atoms with Crippen molar-refractivity contribution < 1.29 is 23.9 Å². The second-order valence-corrected chi connectivity index (χ2v) is 8.10. The Morgan fingerprint density at radius 3 is 2.32 bits per heavy atom. The van der Waals surface area contributed by atoms with Crippen LogP contribution in [0.25, 0.3) is 0 Å². The van der Waals surface area contributed by atoms with Crippen LogP contribution in [-0.4, -0.2) is 41.9 Å². The largest absolute Gasteiger partial charge is 0.496 e. The van der Waals surface area contributed by atoms with Crippen LogP contribution in [0, 0.1) is 0 Å². The molecule has 3 aromatic carbocycles. The number of amides is 4. The summed E-state index contributed by atoms with van der Waals surface area (Å²) < 4.78 is 11.2. The number of nitrogens with zero attached hydrogens (tertiary/aromatic N) is 1. The molecule has 0 bridgehead atoms. The fourth-order valence-corrected chi connectivity index (χ4v) is 3.85. The summed E-state index contributed by atoms with van der Waals surface area (Å²) in [5.74, 6) is 0.684. The Bertz CT molecular complexity index is 1210. The van der Waals surface area contributed by atoms with Crippen molar-refractivity contribution in [2.24, 2.45) is 0 Å². The maximum absolute atomic E-state index is 13.1. The lowest BCUT2D eigenvalue weighted by Crippen LogP contribution is -2.46. The summed E-state index contributed by atoms with van der Waals surface area (Å²) in [6, 6.07) is 22.8. The molecule has 8 nitrogen and oxygen atoms in total. The van der Waals surface area contributed by atoms with Gasteiger partial charge < -0.3 is 20.1 Å². The zero-order valence-corrected chi connectivity index (χ0v) is 18.9. The fraction of sp³-hybridized carbons (Fsp3) is 0.192. The van der Waals surface area contributed by atoms with E-state index in [1.807, 2.05) is 36.4 Å². The lowest BCUT2D eigenvalue weighted by Gasteiger charge is -2.22. The topological polar surface area (TPSA) is 97.0 Å². The number of imide groups is 1. The highest BCUT2D eigenvalue weighted by atomic mass is 16.5. The van der Waals surface area contributed by atoms with Gasteiger partial charge in [-0.15, -0.1) is 0 Å². The number of hydrogen-bond acceptors (Lipinski definition) is 5. The van der Waals surface area contributed by atoms with E-state index < -0.39 is 29.9 Å². The van der Waals surface area contributed by atoms with E-state index in [2.05, 4.69) is 10.6 Å². The number of methoxy groups -OCH3 is 1. The minimum Gasteiger partial charge on any atom is -0.496 e. The van der Waals surface area contributed by atoms with Crippen molar-refractivity contribution in [1.82, 2.24) is 10.2 Å². The van der Waals surface area contributed by atoms with E-state index in [-0.39, 0.29) is 6.42 Å². The number of anilines is 1. The summed E-state index contributed by atoms with van der Waals surface area (Å²) in [6.07, 6.45) is 0.230. The van der Waals surface area contributed by atoms with Crippen LogP contribution in [0.15, 0.2) is 78.9 Å². The van der Waals surface area contributed by atoms with E-state index in [0.29, 0.717) is 22.9 Å². The van der Waals surface area contributed by atoms with Gasteiger partial charge >= 0.3 is 6.03 Å². The molecule has 0 aromatic heterocycles. The highest BCUT2D eigenvalue weighted by molar-refractivity contribution is 6.10. The average Bonchev–Trinajstić information content (AvgIpc) is 3.04. The van der Waals surface area contributed by atoms with Gasteiger partial charge in [0.05, 0.1) is 12.8 Å². The summed E-state index contributed by atoms with van der Waals surface area (Å²) in [5.41, 5.74) is 0.0139. The molecule has 1 heterocycles. The molecule has 2 N–H and O–H groups in total. The molecule has 1 aliphatic heterocycles. The third-order valence-electron chi connectivity index (χ3n) is 5.52. The van der Waals surface area contributed by atoms with Crippen LogP contribution >= 0.6 is 0 Å². The SMILES string of the molecule is COc1ccccc1C[C@]1(C)NC(=O)N(CC(=O)Nc2ccccc2Oc2ccccc2)C1=O. The van der Waals surface area contributed by atoms with Gasteiger partial charge in [0.25, 0.3) is 5.91 Å². The molecule has 3 aromatic rings. The summed E-state index contributed by atoms with van der Waals surface area (Å²) in [7, 11) is 1.55. The van der Waals surface area contributed by atoms with Crippen LogP contribution in [0.1, 0.15) is 12.5 Å². The molecule has 1 atom stereocenters. The lowest BCUT2D eigenvalue weighted by atomic mass is 9.92. The Kier molecular flexibility index (Phi) is 6.49. The van der Waals surface area contributed by atoms with Crippen molar-refractivity contribution >= 4 is 23.5 Å². The minimum absolute atomic E-state index is 0.230. The number of nitrogens with one attached hydrogen (secondary N) is 2. The molecule has 8 heteroatoms. The minimum atomic E-state index is -1.19. The highest BCUT2D eigenvalue weighted by Crippen LogP contribution is 2.30. The van der Waals surface area contributed by atoms with Gasteiger partial charge in [0.15, 0.2) is 5.75 Å². The van der Waals surface area contributed by atoms with Crippen LogP contribution < -0.4 is 20.1 Å². The molecule has 174 valence electrons. The molecule has 1 fully saturated rings. The predicted octanol–water partition coefficient (Wildman–Crippen LogP) is 3.98. The van der Waals surface area contributed by atoms with E-state index in [0.717, 1.165) is 10.5 Å². The van der Waals surface area contributed by atoms with E-state index >= 15 is 0 Å². The van der Waals surface area contributed by atoms with Crippen molar-refractivity contribution in [2.45, 2.75) is 18.9 Å². The average molecular weight is 460 g/mol. The van der Waals surface area contributed by atoms with Gasteiger partial charge in [-0.1, -0.05) is 48.5 Å². The van der Waals surface area contributed by atoms with Gasteiger partial charge in [-0.3, -0.25) is 14.5 Å². The Hall–Kier alpha value is -4.33. The van der Waals surface area contributed by atoms with Crippen LogP contribution in [0.5, 0.6) is 17.2 Å². The number of carbonyl (C=O) groups excluding carboxylic acids is 3. The second kappa shape index (κ2) is 9.66. The van der Waals surface area contributed by atoms with Crippen molar-refractivity contribution in [3.63, 3.8) is 0 Å². The molecule has 0 spiro atoms. The quantitative estimate of drug-likeness (QED) is 0.497. The van der Waals surface area contributed by atoms with E-state index in [9.17, 15) is 14.4 Å². The second-order valence-electron chi connectivity index (χ2n) is 8.10. The lowest BCUT2D eigenvalue weighted by molar-refractivity contribution is -0.133. The third kappa shape index (κ3) is 4.85. The molecule has 1 aliphatic rings. The molecule has 1 saturated heterocycles. The molecular formula is C26H25N3O5. The standard InChI is InChI=1S/C26H25N3O5/c1-26(16-18-10-6-8-14-21(18)33-2)24(31)29(25(32)28-26)17-23(30)27-20-13-7-9-15-22(20)34-19-11-4-3-5-12-19/h3-15H,16-17H2,1-2H3,(H,27,30)(H,28,32)/t26-/m0/s1. The maximum atomic E-state index is 13.1. The Labute approximate surface area is 197 Å². The van der Waals surface area contributed by atoms with Gasteiger partial charge in [0.1, 0.15) is 23.6 Å². The van der Waals surface area contributed by atoms with Crippen molar-refractivity contribution in [2.75, 3.05) is 19.0 Å². The fourth-order valence-electron chi connectivity index (χ4n) is 3.85. The molecular weight excluding hydrogens is 434 g/mol. The summed E-state index contributed by atoms with van der Waals surface area (Å²) in [6.45, 7) is 1.21. The first kappa shape index (κ1) is 22.8. The predicted molar refractivity (Wildman–Crippen MR) is 127 cm³/mol. The van der Waals surface area contributed by atoms with Crippen molar-refractivity contribution in [1.29, 1.82) is 0 Å². The smallest absolute Gasteiger partial charge is 0.325 e. The van der Waals surface area contributed by atoms with E-state index in [4.69, 9.17) is 9.47 Å². The Morgan fingerprint density at radius 1 is 0.941 bits per heavy atom. The molecule has 4 rings (SSSR count). The van der Waals surface area contributed by atoms with Crippen LogP contribution in [-0.2, 0) is 16.0 Å². The highest BCUT2D eigenvalue weighted by Gasteiger charge is 2.48. The first-order chi connectivity index (χ1) is 16.4. The number of rotatable bonds is 8. The molecule has 0 saturated carbocycles. The van der Waals surface area contributed by atoms with Gasteiger partial charge in [-0.2, -0.15) is 0 Å². The van der Waals surface area contributed by atoms with Gasteiger partial charge in [0, 0.05) is 6.42 Å².